The lowest BCUT2D eigenvalue weighted by Crippen LogP contribution is -2.56. The van der Waals surface area contributed by atoms with E-state index in [2.05, 4.69) is 41.7 Å². The Bertz CT molecular complexity index is 959. The molecular weight excluding hydrogens is 374 g/mol. The van der Waals surface area contributed by atoms with Gasteiger partial charge in [-0.15, -0.1) is 10.2 Å². The number of piperazine rings is 1. The van der Waals surface area contributed by atoms with Gasteiger partial charge in [0, 0.05) is 36.3 Å². The minimum atomic E-state index is 0.126. The molecule has 3 heterocycles. The third kappa shape index (κ3) is 3.43. The fraction of sp³-hybridized carbons (Fsp3) is 0.421. The Balaban J connectivity index is 1.36. The maximum atomic E-state index is 10.4. The summed E-state index contributed by atoms with van der Waals surface area (Å²) >= 11 is 1.29. The number of hydrogen-bond acceptors (Lipinski definition) is 9. The summed E-state index contributed by atoms with van der Waals surface area (Å²) in [7, 11) is 0. The quantitative estimate of drug-likeness (QED) is 0.694. The highest BCUT2D eigenvalue weighted by atomic mass is 32.1. The van der Waals surface area contributed by atoms with E-state index in [9.17, 15) is 5.11 Å². The number of aromatic hydroxyl groups is 1. The fourth-order valence-electron chi connectivity index (χ4n) is 3.78. The molecule has 5 rings (SSSR count). The SMILES string of the molecule is C[C@H]1CN(c2ncc(-c3ccc(-c4ncns4)cc3O)nn2)C[C@@H](C2CC2)N1. The van der Waals surface area contributed by atoms with E-state index >= 15 is 0 Å². The van der Waals surface area contributed by atoms with Gasteiger partial charge in [0.15, 0.2) is 0 Å². The second kappa shape index (κ2) is 7.06. The minimum absolute atomic E-state index is 0.126. The van der Waals surface area contributed by atoms with Crippen LogP contribution in [0.1, 0.15) is 19.8 Å². The zero-order chi connectivity index (χ0) is 19.1. The molecule has 2 fully saturated rings. The lowest BCUT2D eigenvalue weighted by molar-refractivity contribution is 0.355. The molecule has 2 aliphatic rings. The van der Waals surface area contributed by atoms with Crippen LogP contribution in [0.25, 0.3) is 21.8 Å². The van der Waals surface area contributed by atoms with E-state index in [0.29, 0.717) is 29.3 Å². The topological polar surface area (TPSA) is 100.0 Å². The molecule has 1 aliphatic carbocycles. The summed E-state index contributed by atoms with van der Waals surface area (Å²) in [5.41, 5.74) is 1.97. The van der Waals surface area contributed by atoms with Crippen LogP contribution in [0, 0.1) is 5.92 Å². The Morgan fingerprint density at radius 3 is 2.75 bits per heavy atom. The van der Waals surface area contributed by atoms with Crippen LogP contribution in [0.4, 0.5) is 5.95 Å². The van der Waals surface area contributed by atoms with Crippen LogP contribution < -0.4 is 10.2 Å². The molecule has 144 valence electrons. The van der Waals surface area contributed by atoms with Gasteiger partial charge in [0.1, 0.15) is 22.8 Å². The summed E-state index contributed by atoms with van der Waals surface area (Å²) in [6.45, 7) is 3.98. The van der Waals surface area contributed by atoms with Crippen molar-refractivity contribution < 1.29 is 5.11 Å². The van der Waals surface area contributed by atoms with Crippen LogP contribution in [-0.4, -0.2) is 54.8 Å². The number of nitrogens with one attached hydrogen (secondary N) is 1. The van der Waals surface area contributed by atoms with Crippen molar-refractivity contribution in [1.29, 1.82) is 0 Å². The maximum Gasteiger partial charge on any atom is 0.245 e. The van der Waals surface area contributed by atoms with Gasteiger partial charge in [-0.3, -0.25) is 0 Å². The highest BCUT2D eigenvalue weighted by Crippen LogP contribution is 2.35. The number of anilines is 1. The minimum Gasteiger partial charge on any atom is -0.507 e. The Morgan fingerprint density at radius 1 is 1.18 bits per heavy atom. The van der Waals surface area contributed by atoms with Crippen molar-refractivity contribution in [2.24, 2.45) is 5.92 Å². The van der Waals surface area contributed by atoms with Crippen LogP contribution in [-0.2, 0) is 0 Å². The third-order valence-electron chi connectivity index (χ3n) is 5.32. The van der Waals surface area contributed by atoms with E-state index in [1.54, 1.807) is 12.3 Å². The molecule has 0 amide bonds. The van der Waals surface area contributed by atoms with Gasteiger partial charge in [-0.25, -0.2) is 9.97 Å². The van der Waals surface area contributed by atoms with E-state index < -0.39 is 0 Å². The Labute approximate surface area is 166 Å². The first-order chi connectivity index (χ1) is 13.7. The van der Waals surface area contributed by atoms with Crippen LogP contribution in [0.5, 0.6) is 5.75 Å². The van der Waals surface area contributed by atoms with E-state index in [-0.39, 0.29) is 5.75 Å². The average molecular weight is 395 g/mol. The van der Waals surface area contributed by atoms with Crippen LogP contribution >= 0.6 is 11.5 Å². The molecule has 2 aromatic heterocycles. The molecule has 0 unspecified atom stereocenters. The number of hydrogen-bond donors (Lipinski definition) is 2. The fourth-order valence-corrected chi connectivity index (χ4v) is 4.30. The zero-order valence-electron chi connectivity index (χ0n) is 15.5. The summed E-state index contributed by atoms with van der Waals surface area (Å²) in [6.07, 6.45) is 5.80. The number of nitrogens with zero attached hydrogens (tertiary/aromatic N) is 6. The van der Waals surface area contributed by atoms with Crippen LogP contribution in [0.2, 0.25) is 0 Å². The van der Waals surface area contributed by atoms with Crippen molar-refractivity contribution in [3.63, 3.8) is 0 Å². The first kappa shape index (κ1) is 17.4. The second-order valence-corrected chi connectivity index (χ2v) is 8.32. The van der Waals surface area contributed by atoms with Gasteiger partial charge in [0.25, 0.3) is 0 Å². The van der Waals surface area contributed by atoms with Gasteiger partial charge in [0.2, 0.25) is 5.95 Å². The molecule has 8 nitrogen and oxygen atoms in total. The van der Waals surface area contributed by atoms with Gasteiger partial charge in [-0.05, 0) is 49.3 Å². The Kier molecular flexibility index (Phi) is 4.40. The van der Waals surface area contributed by atoms with Crippen molar-refractivity contribution in [3.8, 4) is 27.6 Å². The summed E-state index contributed by atoms with van der Waals surface area (Å²) in [4.78, 5) is 10.9. The van der Waals surface area contributed by atoms with Gasteiger partial charge in [-0.1, -0.05) is 6.07 Å². The summed E-state index contributed by atoms with van der Waals surface area (Å²) < 4.78 is 4.00. The van der Waals surface area contributed by atoms with E-state index in [1.807, 2.05) is 12.1 Å². The van der Waals surface area contributed by atoms with Crippen LogP contribution in [0.15, 0.2) is 30.7 Å². The molecule has 0 bridgehead atoms. The zero-order valence-corrected chi connectivity index (χ0v) is 16.3. The molecular formula is C19H21N7OS. The van der Waals surface area contributed by atoms with Gasteiger partial charge in [0.05, 0.1) is 6.20 Å². The number of rotatable bonds is 4. The summed E-state index contributed by atoms with van der Waals surface area (Å²) in [5.74, 6) is 1.55. The van der Waals surface area contributed by atoms with Crippen molar-refractivity contribution in [1.82, 2.24) is 29.9 Å². The predicted molar refractivity (Wildman–Crippen MR) is 107 cm³/mol. The second-order valence-electron chi connectivity index (χ2n) is 7.54. The van der Waals surface area contributed by atoms with Crippen molar-refractivity contribution in [3.05, 3.63) is 30.7 Å². The van der Waals surface area contributed by atoms with Crippen LogP contribution in [0.3, 0.4) is 0 Å². The van der Waals surface area contributed by atoms with E-state index in [0.717, 1.165) is 29.6 Å². The molecule has 9 heteroatoms. The standard InChI is InChI=1S/C19H21N7OS/c1-11-8-26(9-16(23-11)12-2-3-12)19-20-7-15(24-25-19)14-5-4-13(6-17(14)27)18-21-10-22-28-18/h4-7,10-12,16,23,27H,2-3,8-9H2,1H3/t11-,16-/m0/s1. The van der Waals surface area contributed by atoms with Crippen molar-refractivity contribution >= 4 is 17.5 Å². The number of phenols is 1. The molecule has 3 aromatic rings. The van der Waals surface area contributed by atoms with Gasteiger partial charge < -0.3 is 15.3 Å². The molecule has 28 heavy (non-hydrogen) atoms. The first-order valence-electron chi connectivity index (χ1n) is 9.48. The molecule has 1 aromatic carbocycles. The molecule has 0 radical (unpaired) electrons. The summed E-state index contributed by atoms with van der Waals surface area (Å²) in [6, 6.07) is 6.28. The summed E-state index contributed by atoms with van der Waals surface area (Å²) in [5, 5.41) is 23.6. The average Bonchev–Trinajstić information content (AvgIpc) is 3.42. The van der Waals surface area contributed by atoms with Gasteiger partial charge >= 0.3 is 0 Å². The number of benzene rings is 1. The Morgan fingerprint density at radius 2 is 2.07 bits per heavy atom. The molecule has 0 spiro atoms. The molecule has 2 N–H and O–H groups in total. The highest BCUT2D eigenvalue weighted by molar-refractivity contribution is 7.09. The smallest absolute Gasteiger partial charge is 0.245 e. The van der Waals surface area contributed by atoms with Crippen molar-refractivity contribution in [2.75, 3.05) is 18.0 Å². The highest BCUT2D eigenvalue weighted by Gasteiger charge is 2.36. The lowest BCUT2D eigenvalue weighted by atomic mass is 10.1. The monoisotopic (exact) mass is 395 g/mol. The first-order valence-corrected chi connectivity index (χ1v) is 10.3. The van der Waals surface area contributed by atoms with E-state index in [1.165, 1.54) is 30.7 Å². The lowest BCUT2D eigenvalue weighted by Gasteiger charge is -2.37. The normalized spacial score (nSPS) is 22.4. The molecule has 1 aliphatic heterocycles. The molecule has 1 saturated carbocycles. The van der Waals surface area contributed by atoms with Crippen molar-refractivity contribution in [2.45, 2.75) is 31.8 Å². The Hall–Kier alpha value is -2.65. The molecule has 2 atom stereocenters. The largest absolute Gasteiger partial charge is 0.507 e. The molecule has 1 saturated heterocycles. The number of aromatic nitrogens is 5. The maximum absolute atomic E-state index is 10.4. The number of phenolic OH excluding ortho intramolecular Hbond substituents is 1. The predicted octanol–water partition coefficient (Wildman–Crippen LogP) is 2.34. The van der Waals surface area contributed by atoms with E-state index in [4.69, 9.17) is 0 Å². The third-order valence-corrected chi connectivity index (χ3v) is 6.03. The van der Waals surface area contributed by atoms with Gasteiger partial charge in [-0.2, -0.15) is 4.37 Å².